The largest absolute Gasteiger partial charge is 0.357 e. The van der Waals surface area contributed by atoms with Crippen LogP contribution in [0.25, 0.3) is 0 Å². The summed E-state index contributed by atoms with van der Waals surface area (Å²) in [6.07, 6.45) is 4.44. The Balaban J connectivity index is 1.67. The second-order valence-corrected chi connectivity index (χ2v) is 9.30. The Bertz CT molecular complexity index is 829. The molecule has 0 saturated carbocycles. The van der Waals surface area contributed by atoms with Crippen molar-refractivity contribution < 1.29 is 8.42 Å². The van der Waals surface area contributed by atoms with Crippen LogP contribution in [0.2, 0.25) is 0 Å². The Morgan fingerprint density at radius 3 is 2.37 bits per heavy atom. The second-order valence-electron chi connectivity index (χ2n) is 7.31. The van der Waals surface area contributed by atoms with Crippen molar-refractivity contribution in [3.05, 3.63) is 54.2 Å². The highest BCUT2D eigenvalue weighted by atomic mass is 32.2. The van der Waals surface area contributed by atoms with Crippen LogP contribution in [0.3, 0.4) is 0 Å². The van der Waals surface area contributed by atoms with Gasteiger partial charge in [-0.15, -0.1) is 0 Å². The number of sulfonamides is 1. The van der Waals surface area contributed by atoms with E-state index in [0.29, 0.717) is 10.8 Å². The molecular formula is C21H29N3O2S. The molecule has 2 aromatic rings. The number of nitrogens with zero attached hydrogens (tertiary/aromatic N) is 3. The van der Waals surface area contributed by atoms with Gasteiger partial charge in [-0.2, -0.15) is 4.31 Å². The van der Waals surface area contributed by atoms with Crippen LogP contribution in [0.5, 0.6) is 0 Å². The number of hydrogen-bond acceptors (Lipinski definition) is 4. The zero-order chi connectivity index (χ0) is 19.4. The first-order valence-corrected chi connectivity index (χ1v) is 11.1. The molecule has 0 bridgehead atoms. The molecular weight excluding hydrogens is 358 g/mol. The van der Waals surface area contributed by atoms with Crippen molar-refractivity contribution in [1.82, 2.24) is 9.29 Å². The van der Waals surface area contributed by atoms with Crippen molar-refractivity contribution in [3.8, 4) is 0 Å². The molecule has 2 heterocycles. The molecule has 0 amide bonds. The van der Waals surface area contributed by atoms with Gasteiger partial charge < -0.3 is 4.90 Å². The quantitative estimate of drug-likeness (QED) is 0.755. The first-order chi connectivity index (χ1) is 12.9. The van der Waals surface area contributed by atoms with Gasteiger partial charge in [0.15, 0.2) is 0 Å². The number of aromatic nitrogens is 1. The summed E-state index contributed by atoms with van der Waals surface area (Å²) in [6, 6.07) is 13.3. The van der Waals surface area contributed by atoms with Gasteiger partial charge in [0.25, 0.3) is 0 Å². The molecule has 0 N–H and O–H groups in total. The van der Waals surface area contributed by atoms with Gasteiger partial charge in [0.05, 0.1) is 4.90 Å². The fourth-order valence-corrected chi connectivity index (χ4v) is 4.98. The normalized spacial score (nSPS) is 17.3. The minimum Gasteiger partial charge on any atom is -0.357 e. The fraction of sp³-hybridized carbons (Fsp3) is 0.476. The molecule has 27 heavy (non-hydrogen) atoms. The van der Waals surface area contributed by atoms with Crippen LogP contribution >= 0.6 is 0 Å². The Kier molecular flexibility index (Phi) is 6.17. The molecule has 1 aliphatic heterocycles. The third-order valence-corrected chi connectivity index (χ3v) is 7.61. The molecule has 6 heteroatoms. The molecule has 1 saturated heterocycles. The van der Waals surface area contributed by atoms with E-state index in [2.05, 4.69) is 23.7 Å². The minimum atomic E-state index is -3.47. The maximum absolute atomic E-state index is 13.0. The third-order valence-electron chi connectivity index (χ3n) is 5.69. The van der Waals surface area contributed by atoms with Gasteiger partial charge in [-0.25, -0.2) is 13.4 Å². The topological polar surface area (TPSA) is 53.5 Å². The Morgan fingerprint density at radius 2 is 1.81 bits per heavy atom. The fourth-order valence-electron chi connectivity index (χ4n) is 3.57. The summed E-state index contributed by atoms with van der Waals surface area (Å²) >= 11 is 0. The van der Waals surface area contributed by atoms with E-state index in [4.69, 9.17) is 0 Å². The SMILES string of the molecule is CC[C@@H](C)c1ccc(S(=O)(=O)N(C)C2CCN(c3ccccn3)CC2)cc1. The molecule has 146 valence electrons. The van der Waals surface area contributed by atoms with Crippen molar-refractivity contribution in [2.24, 2.45) is 0 Å². The Hall–Kier alpha value is -1.92. The lowest BCUT2D eigenvalue weighted by atomic mass is 9.99. The van der Waals surface area contributed by atoms with E-state index in [9.17, 15) is 8.42 Å². The Labute approximate surface area is 163 Å². The highest BCUT2D eigenvalue weighted by molar-refractivity contribution is 7.89. The maximum Gasteiger partial charge on any atom is 0.243 e. The molecule has 0 unspecified atom stereocenters. The summed E-state index contributed by atoms with van der Waals surface area (Å²) in [5, 5.41) is 0. The molecule has 0 spiro atoms. The number of pyridine rings is 1. The molecule has 1 atom stereocenters. The van der Waals surface area contributed by atoms with E-state index in [0.717, 1.165) is 38.2 Å². The highest BCUT2D eigenvalue weighted by Gasteiger charge is 2.31. The van der Waals surface area contributed by atoms with E-state index in [1.165, 1.54) is 5.56 Å². The molecule has 1 aromatic heterocycles. The lowest BCUT2D eigenvalue weighted by Gasteiger charge is -2.36. The Morgan fingerprint density at radius 1 is 1.15 bits per heavy atom. The van der Waals surface area contributed by atoms with Gasteiger partial charge in [-0.05, 0) is 55.0 Å². The monoisotopic (exact) mass is 387 g/mol. The van der Waals surface area contributed by atoms with E-state index in [-0.39, 0.29) is 6.04 Å². The van der Waals surface area contributed by atoms with E-state index < -0.39 is 10.0 Å². The van der Waals surface area contributed by atoms with Crippen molar-refractivity contribution in [2.45, 2.75) is 50.0 Å². The molecule has 1 fully saturated rings. The third kappa shape index (κ3) is 4.33. The van der Waals surface area contributed by atoms with Crippen LogP contribution in [-0.2, 0) is 10.0 Å². The van der Waals surface area contributed by atoms with Gasteiger partial charge in [0.2, 0.25) is 10.0 Å². The highest BCUT2D eigenvalue weighted by Crippen LogP contribution is 2.26. The summed E-state index contributed by atoms with van der Waals surface area (Å²) in [7, 11) is -1.76. The summed E-state index contributed by atoms with van der Waals surface area (Å²) in [4.78, 5) is 6.99. The summed E-state index contributed by atoms with van der Waals surface area (Å²) in [5.41, 5.74) is 1.18. The maximum atomic E-state index is 13.0. The summed E-state index contributed by atoms with van der Waals surface area (Å²) in [6.45, 7) is 5.93. The van der Waals surface area contributed by atoms with Crippen LogP contribution in [0.15, 0.2) is 53.6 Å². The number of rotatable bonds is 6. The minimum absolute atomic E-state index is 0.0178. The molecule has 1 aliphatic rings. The van der Waals surface area contributed by atoms with Gasteiger partial charge in [0.1, 0.15) is 5.82 Å². The number of hydrogen-bond donors (Lipinski definition) is 0. The van der Waals surface area contributed by atoms with Crippen LogP contribution in [0.4, 0.5) is 5.82 Å². The van der Waals surface area contributed by atoms with Gasteiger partial charge >= 0.3 is 0 Å². The zero-order valence-electron chi connectivity index (χ0n) is 16.4. The van der Waals surface area contributed by atoms with E-state index in [1.54, 1.807) is 29.7 Å². The first-order valence-electron chi connectivity index (χ1n) is 9.67. The van der Waals surface area contributed by atoms with Gasteiger partial charge in [-0.3, -0.25) is 0 Å². The van der Waals surface area contributed by atoms with Crippen LogP contribution in [0.1, 0.15) is 44.6 Å². The molecule has 0 aliphatic carbocycles. The average Bonchev–Trinajstić information content (AvgIpc) is 2.73. The van der Waals surface area contributed by atoms with Crippen molar-refractivity contribution in [1.29, 1.82) is 0 Å². The van der Waals surface area contributed by atoms with Crippen LogP contribution in [-0.4, -0.2) is 43.9 Å². The average molecular weight is 388 g/mol. The standard InChI is InChI=1S/C21H29N3O2S/c1-4-17(2)18-8-10-20(11-9-18)27(25,26)23(3)19-12-15-24(16-13-19)21-7-5-6-14-22-21/h5-11,14,17,19H,4,12-13,15-16H2,1-3H3/t17-/m1/s1. The van der Waals surface area contributed by atoms with Crippen molar-refractivity contribution in [3.63, 3.8) is 0 Å². The first kappa shape index (κ1) is 19.8. The van der Waals surface area contributed by atoms with Gasteiger partial charge in [0, 0.05) is 32.4 Å². The number of anilines is 1. The zero-order valence-corrected chi connectivity index (χ0v) is 17.2. The predicted molar refractivity (Wildman–Crippen MR) is 110 cm³/mol. The molecule has 3 rings (SSSR count). The summed E-state index contributed by atoms with van der Waals surface area (Å²) in [5.74, 6) is 1.40. The van der Waals surface area contributed by atoms with Crippen molar-refractivity contribution in [2.75, 3.05) is 25.0 Å². The van der Waals surface area contributed by atoms with Gasteiger partial charge in [-0.1, -0.05) is 32.0 Å². The molecule has 5 nitrogen and oxygen atoms in total. The lowest BCUT2D eigenvalue weighted by molar-refractivity contribution is 0.311. The molecule has 0 radical (unpaired) electrons. The van der Waals surface area contributed by atoms with Crippen molar-refractivity contribution >= 4 is 15.8 Å². The summed E-state index contributed by atoms with van der Waals surface area (Å²) < 4.78 is 27.6. The number of benzene rings is 1. The van der Waals surface area contributed by atoms with E-state index in [1.807, 2.05) is 30.3 Å². The lowest BCUT2D eigenvalue weighted by Crippen LogP contribution is -2.45. The van der Waals surface area contributed by atoms with Crippen LogP contribution < -0.4 is 4.90 Å². The van der Waals surface area contributed by atoms with E-state index >= 15 is 0 Å². The number of piperidine rings is 1. The van der Waals surface area contributed by atoms with Crippen LogP contribution in [0, 0.1) is 0 Å². The molecule has 1 aromatic carbocycles. The smallest absolute Gasteiger partial charge is 0.243 e. The predicted octanol–water partition coefficient (Wildman–Crippen LogP) is 3.88. The second kappa shape index (κ2) is 8.40.